The van der Waals surface area contributed by atoms with Gasteiger partial charge in [0.05, 0.1) is 16.6 Å². The van der Waals surface area contributed by atoms with Crippen LogP contribution in [0.2, 0.25) is 0 Å². The van der Waals surface area contributed by atoms with E-state index in [2.05, 4.69) is 15.5 Å². The number of nitrogens with one attached hydrogen (secondary N) is 1. The molecule has 2 unspecified atom stereocenters. The van der Waals surface area contributed by atoms with Crippen LogP contribution in [0.3, 0.4) is 0 Å². The third-order valence-electron chi connectivity index (χ3n) is 4.92. The van der Waals surface area contributed by atoms with Crippen LogP contribution in [0.1, 0.15) is 67.2 Å². The van der Waals surface area contributed by atoms with E-state index in [0.29, 0.717) is 23.7 Å². The molecule has 1 aliphatic rings. The quantitative estimate of drug-likeness (QED) is 0.865. The molecule has 2 aromatic heterocycles. The zero-order chi connectivity index (χ0) is 17.3. The molecule has 138 valence electrons. The molecule has 7 heteroatoms. The molecule has 2 aromatic rings. The average molecular weight is 367 g/mol. The first-order valence-corrected chi connectivity index (χ1v) is 8.79. The molecule has 1 amide bonds. The van der Waals surface area contributed by atoms with Crippen molar-refractivity contribution < 1.29 is 9.32 Å². The topological polar surface area (TPSA) is 94.0 Å². The molecule has 0 bridgehead atoms. The molecule has 1 aliphatic carbocycles. The highest BCUT2D eigenvalue weighted by Crippen LogP contribution is 2.29. The number of hydrogen-bond donors (Lipinski definition) is 2. The van der Waals surface area contributed by atoms with Crippen LogP contribution in [0.4, 0.5) is 0 Å². The molecular formula is C18H27ClN4O2. The Morgan fingerprint density at radius 2 is 2.12 bits per heavy atom. The lowest BCUT2D eigenvalue weighted by Crippen LogP contribution is -2.44. The highest BCUT2D eigenvalue weighted by Gasteiger charge is 2.28. The van der Waals surface area contributed by atoms with E-state index in [1.807, 2.05) is 26.8 Å². The van der Waals surface area contributed by atoms with Crippen LogP contribution >= 0.6 is 12.4 Å². The van der Waals surface area contributed by atoms with Crippen LogP contribution in [0.25, 0.3) is 11.1 Å². The Morgan fingerprint density at radius 3 is 2.80 bits per heavy atom. The number of nitrogens with two attached hydrogens (primary N) is 1. The number of hydrogen-bond acceptors (Lipinski definition) is 5. The van der Waals surface area contributed by atoms with Gasteiger partial charge >= 0.3 is 0 Å². The van der Waals surface area contributed by atoms with Gasteiger partial charge < -0.3 is 15.6 Å². The van der Waals surface area contributed by atoms with Gasteiger partial charge in [-0.25, -0.2) is 4.98 Å². The van der Waals surface area contributed by atoms with Crippen LogP contribution in [0.15, 0.2) is 10.6 Å². The molecule has 6 nitrogen and oxygen atoms in total. The molecule has 1 saturated carbocycles. The van der Waals surface area contributed by atoms with Crippen molar-refractivity contribution in [3.63, 3.8) is 0 Å². The zero-order valence-electron chi connectivity index (χ0n) is 15.0. The fraction of sp³-hybridized carbons (Fsp3) is 0.611. The Kier molecular flexibility index (Phi) is 6.41. The molecule has 0 radical (unpaired) electrons. The monoisotopic (exact) mass is 366 g/mol. The van der Waals surface area contributed by atoms with Crippen LogP contribution in [-0.4, -0.2) is 28.6 Å². The highest BCUT2D eigenvalue weighted by atomic mass is 35.5. The number of pyridine rings is 1. The Balaban J connectivity index is 0.00000225. The minimum atomic E-state index is -0.0825. The van der Waals surface area contributed by atoms with E-state index < -0.39 is 0 Å². The summed E-state index contributed by atoms with van der Waals surface area (Å²) in [5, 5.41) is 8.04. The van der Waals surface area contributed by atoms with Gasteiger partial charge in [-0.15, -0.1) is 12.4 Å². The Morgan fingerprint density at radius 1 is 1.40 bits per heavy atom. The molecule has 3 rings (SSSR count). The molecule has 0 spiro atoms. The Hall–Kier alpha value is -1.66. The lowest BCUT2D eigenvalue weighted by atomic mass is 9.84. The van der Waals surface area contributed by atoms with Crippen molar-refractivity contribution in [2.24, 2.45) is 11.7 Å². The van der Waals surface area contributed by atoms with Gasteiger partial charge in [-0.1, -0.05) is 31.8 Å². The summed E-state index contributed by atoms with van der Waals surface area (Å²) in [6, 6.07) is 1.96. The van der Waals surface area contributed by atoms with Gasteiger partial charge in [0.25, 0.3) is 11.6 Å². The largest absolute Gasteiger partial charge is 0.349 e. The number of nitrogens with zero attached hydrogens (tertiary/aromatic N) is 2. The number of amides is 1. The van der Waals surface area contributed by atoms with E-state index in [1.165, 1.54) is 6.42 Å². The fourth-order valence-corrected chi connectivity index (χ4v) is 3.60. The molecule has 3 N–H and O–H groups in total. The number of aromatic nitrogens is 2. The van der Waals surface area contributed by atoms with Gasteiger partial charge in [0.15, 0.2) is 0 Å². The van der Waals surface area contributed by atoms with Crippen molar-refractivity contribution in [3.8, 4) is 0 Å². The van der Waals surface area contributed by atoms with Gasteiger partial charge in [-0.3, -0.25) is 4.79 Å². The minimum absolute atomic E-state index is 0. The van der Waals surface area contributed by atoms with E-state index in [0.717, 1.165) is 36.0 Å². The van der Waals surface area contributed by atoms with E-state index in [-0.39, 0.29) is 30.3 Å². The van der Waals surface area contributed by atoms with Crippen molar-refractivity contribution in [1.29, 1.82) is 0 Å². The van der Waals surface area contributed by atoms with Gasteiger partial charge in [-0.05, 0) is 44.2 Å². The lowest BCUT2D eigenvalue weighted by Gasteiger charge is -2.31. The molecule has 0 aliphatic heterocycles. The normalized spacial score (nSPS) is 20.5. The predicted octanol–water partition coefficient (Wildman–Crippen LogP) is 3.32. The first kappa shape index (κ1) is 19.7. The molecule has 0 saturated heterocycles. The van der Waals surface area contributed by atoms with Crippen molar-refractivity contribution in [3.05, 3.63) is 23.0 Å². The van der Waals surface area contributed by atoms with Crippen LogP contribution in [0, 0.1) is 12.8 Å². The van der Waals surface area contributed by atoms with Crippen LogP contribution in [-0.2, 0) is 0 Å². The van der Waals surface area contributed by atoms with E-state index in [9.17, 15) is 4.79 Å². The summed E-state index contributed by atoms with van der Waals surface area (Å²) in [5.41, 5.74) is 8.45. The SMILES string of the molecule is Cc1cc(C(=O)NC2CCCCC2CN)c2c(C(C)C)noc2n1.Cl. The van der Waals surface area contributed by atoms with Crippen LogP contribution < -0.4 is 11.1 Å². The summed E-state index contributed by atoms with van der Waals surface area (Å²) in [6.07, 6.45) is 4.39. The minimum Gasteiger partial charge on any atom is -0.349 e. The van der Waals surface area contributed by atoms with E-state index in [4.69, 9.17) is 10.3 Å². The highest BCUT2D eigenvalue weighted by molar-refractivity contribution is 6.06. The molecule has 1 fully saturated rings. The first-order valence-electron chi connectivity index (χ1n) is 8.79. The second-order valence-corrected chi connectivity index (χ2v) is 7.07. The van der Waals surface area contributed by atoms with Crippen molar-refractivity contribution in [1.82, 2.24) is 15.5 Å². The molecule has 2 heterocycles. The van der Waals surface area contributed by atoms with Gasteiger partial charge in [0.2, 0.25) is 0 Å². The predicted molar refractivity (Wildman–Crippen MR) is 100 cm³/mol. The Labute approximate surface area is 154 Å². The number of carbonyl (C=O) groups is 1. The number of fused-ring (bicyclic) bond motifs is 1. The van der Waals surface area contributed by atoms with Crippen LogP contribution in [0.5, 0.6) is 0 Å². The third-order valence-corrected chi connectivity index (χ3v) is 4.92. The fourth-order valence-electron chi connectivity index (χ4n) is 3.60. The van der Waals surface area contributed by atoms with Crippen molar-refractivity contribution in [2.75, 3.05) is 6.54 Å². The Bertz CT molecular complexity index is 744. The molecule has 25 heavy (non-hydrogen) atoms. The number of carbonyl (C=O) groups excluding carboxylic acids is 1. The average Bonchev–Trinajstić information content (AvgIpc) is 2.98. The first-order chi connectivity index (χ1) is 11.5. The maximum absolute atomic E-state index is 13.0. The molecule has 0 aromatic carbocycles. The smallest absolute Gasteiger partial charge is 0.259 e. The lowest BCUT2D eigenvalue weighted by molar-refractivity contribution is 0.0909. The summed E-state index contributed by atoms with van der Waals surface area (Å²) in [5.74, 6) is 0.433. The summed E-state index contributed by atoms with van der Waals surface area (Å²) >= 11 is 0. The third kappa shape index (κ3) is 3.96. The summed E-state index contributed by atoms with van der Waals surface area (Å²) in [6.45, 7) is 6.53. The van der Waals surface area contributed by atoms with Gasteiger partial charge in [-0.2, -0.15) is 0 Å². The van der Waals surface area contributed by atoms with Gasteiger partial charge in [0, 0.05) is 11.7 Å². The standard InChI is InChI=1S/C18H26N4O2.ClH/c1-10(2)16-15-13(8-11(3)20-18(15)24-22-16)17(23)21-14-7-5-4-6-12(14)9-19;/h8,10,12,14H,4-7,9,19H2,1-3H3,(H,21,23);1H. The molecule has 2 atom stereocenters. The summed E-state index contributed by atoms with van der Waals surface area (Å²) in [4.78, 5) is 17.3. The zero-order valence-corrected chi connectivity index (χ0v) is 15.9. The van der Waals surface area contributed by atoms with Gasteiger partial charge in [0.1, 0.15) is 0 Å². The van der Waals surface area contributed by atoms with Crippen molar-refractivity contribution in [2.45, 2.75) is 58.4 Å². The number of aryl methyl sites for hydroxylation is 1. The van der Waals surface area contributed by atoms with E-state index in [1.54, 1.807) is 0 Å². The second-order valence-electron chi connectivity index (χ2n) is 7.07. The summed E-state index contributed by atoms with van der Waals surface area (Å²) in [7, 11) is 0. The summed E-state index contributed by atoms with van der Waals surface area (Å²) < 4.78 is 5.35. The van der Waals surface area contributed by atoms with E-state index >= 15 is 0 Å². The van der Waals surface area contributed by atoms with Crippen molar-refractivity contribution >= 4 is 29.4 Å². The second kappa shape index (κ2) is 8.15. The molecular weight excluding hydrogens is 340 g/mol. The number of rotatable bonds is 4. The maximum Gasteiger partial charge on any atom is 0.259 e. The number of halogens is 1. The maximum atomic E-state index is 13.0.